The number of benzene rings is 1. The minimum atomic E-state index is -0.452. The normalized spacial score (nSPS) is 11.1. The molecule has 0 saturated heterocycles. The molecule has 1 N–H and O–H groups in total. The maximum atomic E-state index is 13.2. The Labute approximate surface area is 164 Å². The molecule has 0 spiro atoms. The van der Waals surface area contributed by atoms with Gasteiger partial charge in [0, 0.05) is 10.4 Å². The average Bonchev–Trinajstić information content (AvgIpc) is 3.24. The fourth-order valence-corrected chi connectivity index (χ4v) is 4.25. The van der Waals surface area contributed by atoms with E-state index in [2.05, 4.69) is 15.6 Å². The molecule has 142 valence electrons. The third-order valence-corrected chi connectivity index (χ3v) is 5.58. The molecule has 0 atom stereocenters. The number of fused-ring (bicyclic) bond motifs is 1. The summed E-state index contributed by atoms with van der Waals surface area (Å²) < 4.78 is 6.23. The molecule has 4 rings (SSSR count). The van der Waals surface area contributed by atoms with Crippen molar-refractivity contribution in [2.45, 2.75) is 27.2 Å². The number of rotatable bonds is 4. The number of thiophene rings is 1. The minimum Gasteiger partial charge on any atom is -0.361 e. The average molecular weight is 394 g/mol. The van der Waals surface area contributed by atoms with Crippen molar-refractivity contribution in [3.63, 3.8) is 0 Å². The SMILES string of the molecule is CCc1noc(C)c1C(=O)Nn1cnc2sc(C)c(-c3ccccc3)c2c1=O. The van der Waals surface area contributed by atoms with E-state index in [0.717, 1.165) is 20.7 Å². The lowest BCUT2D eigenvalue weighted by Crippen LogP contribution is -2.33. The number of carbonyl (C=O) groups excluding carboxylic acids is 1. The molecule has 7 nitrogen and oxygen atoms in total. The van der Waals surface area contributed by atoms with Crippen LogP contribution in [0, 0.1) is 13.8 Å². The van der Waals surface area contributed by atoms with Gasteiger partial charge in [0.05, 0.1) is 11.1 Å². The fourth-order valence-electron chi connectivity index (χ4n) is 3.25. The molecule has 4 aromatic rings. The Balaban J connectivity index is 1.81. The Bertz CT molecular complexity index is 1240. The molecule has 0 fully saturated rings. The Hall–Kier alpha value is -3.26. The quantitative estimate of drug-likeness (QED) is 0.570. The van der Waals surface area contributed by atoms with Gasteiger partial charge in [-0.1, -0.05) is 42.4 Å². The first-order valence-electron chi connectivity index (χ1n) is 8.84. The van der Waals surface area contributed by atoms with E-state index in [4.69, 9.17) is 4.52 Å². The summed E-state index contributed by atoms with van der Waals surface area (Å²) in [5.41, 5.74) is 4.97. The molecule has 1 amide bonds. The van der Waals surface area contributed by atoms with Gasteiger partial charge in [0.25, 0.3) is 11.5 Å². The highest BCUT2D eigenvalue weighted by Crippen LogP contribution is 2.35. The highest BCUT2D eigenvalue weighted by molar-refractivity contribution is 7.19. The molecule has 8 heteroatoms. The number of aryl methyl sites for hydroxylation is 3. The van der Waals surface area contributed by atoms with E-state index in [1.54, 1.807) is 6.92 Å². The topological polar surface area (TPSA) is 90.0 Å². The second kappa shape index (κ2) is 7.05. The summed E-state index contributed by atoms with van der Waals surface area (Å²) >= 11 is 1.46. The van der Waals surface area contributed by atoms with Crippen molar-refractivity contribution in [1.82, 2.24) is 14.8 Å². The molecule has 0 unspecified atom stereocenters. The molecule has 0 aliphatic rings. The maximum absolute atomic E-state index is 13.2. The lowest BCUT2D eigenvalue weighted by atomic mass is 10.0. The highest BCUT2D eigenvalue weighted by atomic mass is 32.1. The predicted octanol–water partition coefficient (Wildman–Crippen LogP) is 3.68. The van der Waals surface area contributed by atoms with Gasteiger partial charge >= 0.3 is 0 Å². The highest BCUT2D eigenvalue weighted by Gasteiger charge is 2.21. The summed E-state index contributed by atoms with van der Waals surface area (Å²) in [7, 11) is 0. The number of aromatic nitrogens is 3. The van der Waals surface area contributed by atoms with Crippen molar-refractivity contribution < 1.29 is 9.32 Å². The van der Waals surface area contributed by atoms with Gasteiger partial charge < -0.3 is 4.52 Å². The summed E-state index contributed by atoms with van der Waals surface area (Å²) in [6.07, 6.45) is 1.88. The maximum Gasteiger partial charge on any atom is 0.281 e. The number of carbonyl (C=O) groups is 1. The summed E-state index contributed by atoms with van der Waals surface area (Å²) in [4.78, 5) is 31.9. The number of hydrogen-bond donors (Lipinski definition) is 1. The third-order valence-electron chi connectivity index (χ3n) is 4.57. The number of amides is 1. The summed E-state index contributed by atoms with van der Waals surface area (Å²) in [6, 6.07) is 9.69. The largest absolute Gasteiger partial charge is 0.361 e. The van der Waals surface area contributed by atoms with Gasteiger partial charge in [0.1, 0.15) is 22.5 Å². The van der Waals surface area contributed by atoms with Crippen LogP contribution in [-0.4, -0.2) is 20.7 Å². The molecule has 0 aliphatic carbocycles. The first-order valence-corrected chi connectivity index (χ1v) is 9.65. The summed E-state index contributed by atoms with van der Waals surface area (Å²) in [5, 5.41) is 4.38. The molecular weight excluding hydrogens is 376 g/mol. The van der Waals surface area contributed by atoms with Crippen molar-refractivity contribution in [3.05, 3.63) is 68.9 Å². The first-order chi connectivity index (χ1) is 13.5. The van der Waals surface area contributed by atoms with Crippen LogP contribution in [0.5, 0.6) is 0 Å². The number of nitrogens with one attached hydrogen (secondary N) is 1. The molecule has 28 heavy (non-hydrogen) atoms. The van der Waals surface area contributed by atoms with E-state index in [1.165, 1.54) is 17.7 Å². The molecule has 3 heterocycles. The molecule has 3 aromatic heterocycles. The zero-order valence-electron chi connectivity index (χ0n) is 15.6. The van der Waals surface area contributed by atoms with Crippen molar-refractivity contribution in [2.75, 3.05) is 5.43 Å². The lowest BCUT2D eigenvalue weighted by Gasteiger charge is -2.08. The monoisotopic (exact) mass is 394 g/mol. The Morgan fingerprint density at radius 3 is 2.71 bits per heavy atom. The van der Waals surface area contributed by atoms with Gasteiger partial charge in [-0.2, -0.15) is 0 Å². The van der Waals surface area contributed by atoms with E-state index in [9.17, 15) is 9.59 Å². The smallest absolute Gasteiger partial charge is 0.281 e. The predicted molar refractivity (Wildman–Crippen MR) is 108 cm³/mol. The van der Waals surface area contributed by atoms with E-state index in [-0.39, 0.29) is 5.56 Å². The standard InChI is InChI=1S/C20H18N4O3S/c1-4-14-15(11(2)27-23-14)18(25)22-24-10-21-19-17(20(24)26)16(12(3)28-19)13-8-6-5-7-9-13/h5-10H,4H2,1-3H3,(H,22,25). The van der Waals surface area contributed by atoms with Gasteiger partial charge in [0.15, 0.2) is 0 Å². The Kier molecular flexibility index (Phi) is 4.56. The van der Waals surface area contributed by atoms with Gasteiger partial charge in [0.2, 0.25) is 0 Å². The summed E-state index contributed by atoms with van der Waals surface area (Å²) in [5.74, 6) is -0.0418. The zero-order valence-corrected chi connectivity index (χ0v) is 16.5. The van der Waals surface area contributed by atoms with Crippen LogP contribution in [0.25, 0.3) is 21.3 Å². The summed E-state index contributed by atoms with van der Waals surface area (Å²) in [6.45, 7) is 5.51. The van der Waals surface area contributed by atoms with Gasteiger partial charge in [-0.15, -0.1) is 11.3 Å². The van der Waals surface area contributed by atoms with Gasteiger partial charge in [-0.25, -0.2) is 9.66 Å². The second-order valence-corrected chi connectivity index (χ2v) is 7.56. The Morgan fingerprint density at radius 1 is 1.25 bits per heavy atom. The van der Waals surface area contributed by atoms with Crippen LogP contribution >= 0.6 is 11.3 Å². The first kappa shape index (κ1) is 18.1. The van der Waals surface area contributed by atoms with Crippen molar-refractivity contribution in [1.29, 1.82) is 0 Å². The van der Waals surface area contributed by atoms with E-state index < -0.39 is 5.91 Å². The van der Waals surface area contributed by atoms with Crippen LogP contribution in [0.2, 0.25) is 0 Å². The van der Waals surface area contributed by atoms with Crippen LogP contribution in [0.4, 0.5) is 0 Å². The van der Waals surface area contributed by atoms with Crippen molar-refractivity contribution >= 4 is 27.5 Å². The van der Waals surface area contributed by atoms with Crippen molar-refractivity contribution in [3.8, 4) is 11.1 Å². The van der Waals surface area contributed by atoms with Crippen LogP contribution in [-0.2, 0) is 6.42 Å². The zero-order chi connectivity index (χ0) is 19.8. The van der Waals surface area contributed by atoms with Crippen LogP contribution < -0.4 is 11.0 Å². The molecule has 0 saturated carbocycles. The van der Waals surface area contributed by atoms with Crippen LogP contribution in [0.15, 0.2) is 46.0 Å². The molecule has 1 aromatic carbocycles. The van der Waals surface area contributed by atoms with Crippen LogP contribution in [0.1, 0.15) is 33.6 Å². The van der Waals surface area contributed by atoms with E-state index >= 15 is 0 Å². The van der Waals surface area contributed by atoms with E-state index in [0.29, 0.717) is 33.7 Å². The molecule has 0 aliphatic heterocycles. The Morgan fingerprint density at radius 2 is 2.00 bits per heavy atom. The van der Waals surface area contributed by atoms with E-state index in [1.807, 2.05) is 44.2 Å². The molecular formula is C20H18N4O3S. The molecule has 0 bridgehead atoms. The van der Waals surface area contributed by atoms with Gasteiger partial charge in [-0.05, 0) is 25.8 Å². The van der Waals surface area contributed by atoms with Crippen LogP contribution in [0.3, 0.4) is 0 Å². The minimum absolute atomic E-state index is 0.325. The fraction of sp³-hybridized carbons (Fsp3) is 0.200. The van der Waals surface area contributed by atoms with Gasteiger partial charge in [-0.3, -0.25) is 15.0 Å². The second-order valence-electron chi connectivity index (χ2n) is 6.35. The lowest BCUT2D eigenvalue weighted by molar-refractivity contribution is 0.100. The number of hydrogen-bond acceptors (Lipinski definition) is 6. The van der Waals surface area contributed by atoms with Crippen molar-refractivity contribution in [2.24, 2.45) is 0 Å². The molecule has 0 radical (unpaired) electrons. The third kappa shape index (κ3) is 2.91. The number of nitrogens with zero attached hydrogens (tertiary/aromatic N) is 3.